The number of carboxylic acids is 1. The molecule has 0 heterocycles. The summed E-state index contributed by atoms with van der Waals surface area (Å²) < 4.78 is 0. The number of thiol groups is 1. The van der Waals surface area contributed by atoms with Gasteiger partial charge in [-0.3, -0.25) is 14.4 Å². The van der Waals surface area contributed by atoms with E-state index in [4.69, 9.17) is 10.8 Å². The zero-order chi connectivity index (χ0) is 23.6. The standard InChI is InChI=1S/C19H28N4O7S/c1-10(25)15(23-17(27)14(9-31)22-16(26)12(20)8-24)18(28)21-13(19(29)30)7-11-5-3-2-4-6-11/h2-6,10,12-15,24-25,31H,7-9,20H2,1H3,(H,21,28)(H,22,26)(H,23,27)(H,29,30). The molecule has 5 atom stereocenters. The molecule has 3 amide bonds. The van der Waals surface area contributed by atoms with Crippen molar-refractivity contribution >= 4 is 36.3 Å². The molecule has 1 rings (SSSR count). The van der Waals surface area contributed by atoms with Crippen molar-refractivity contribution in [2.45, 2.75) is 43.6 Å². The van der Waals surface area contributed by atoms with E-state index < -0.39 is 60.6 Å². The summed E-state index contributed by atoms with van der Waals surface area (Å²) in [6.07, 6.45) is -1.37. The summed E-state index contributed by atoms with van der Waals surface area (Å²) in [7, 11) is 0. The quantitative estimate of drug-likeness (QED) is 0.157. The fraction of sp³-hybridized carbons (Fsp3) is 0.474. The Morgan fingerprint density at radius 1 is 1.00 bits per heavy atom. The van der Waals surface area contributed by atoms with Gasteiger partial charge in [0, 0.05) is 12.2 Å². The number of carboxylic acid groups (broad SMARTS) is 1. The Morgan fingerprint density at radius 3 is 2.06 bits per heavy atom. The minimum absolute atomic E-state index is 0.00321. The van der Waals surface area contributed by atoms with Crippen LogP contribution in [-0.2, 0) is 25.6 Å². The van der Waals surface area contributed by atoms with E-state index in [1.54, 1.807) is 30.3 Å². The number of rotatable bonds is 12. The minimum atomic E-state index is -1.49. The lowest BCUT2D eigenvalue weighted by atomic mass is 10.0. The number of amides is 3. The molecule has 8 N–H and O–H groups in total. The highest BCUT2D eigenvalue weighted by Gasteiger charge is 2.32. The Labute approximate surface area is 184 Å². The van der Waals surface area contributed by atoms with E-state index in [1.165, 1.54) is 6.92 Å². The maximum atomic E-state index is 12.6. The van der Waals surface area contributed by atoms with Gasteiger partial charge in [0.1, 0.15) is 24.2 Å². The number of hydrogen-bond acceptors (Lipinski definition) is 8. The molecule has 11 nitrogen and oxygen atoms in total. The van der Waals surface area contributed by atoms with Gasteiger partial charge in [-0.25, -0.2) is 4.79 Å². The third-order valence-electron chi connectivity index (χ3n) is 4.31. The van der Waals surface area contributed by atoms with Gasteiger partial charge < -0.3 is 37.0 Å². The lowest BCUT2D eigenvalue weighted by Crippen LogP contribution is -2.60. The monoisotopic (exact) mass is 456 g/mol. The zero-order valence-corrected chi connectivity index (χ0v) is 17.8. The topological polar surface area (TPSA) is 191 Å². The van der Waals surface area contributed by atoms with E-state index in [0.717, 1.165) is 0 Å². The molecule has 0 radical (unpaired) electrons. The second-order valence-electron chi connectivity index (χ2n) is 6.85. The van der Waals surface area contributed by atoms with Crippen LogP contribution in [0, 0.1) is 0 Å². The molecule has 172 valence electrons. The molecular weight excluding hydrogens is 428 g/mol. The van der Waals surface area contributed by atoms with Crippen molar-refractivity contribution in [1.29, 1.82) is 0 Å². The van der Waals surface area contributed by atoms with E-state index in [0.29, 0.717) is 5.56 Å². The average molecular weight is 457 g/mol. The predicted octanol–water partition coefficient (Wildman–Crippen LogP) is -2.60. The number of aliphatic hydroxyl groups excluding tert-OH is 2. The number of aliphatic carboxylic acids is 1. The normalized spacial score (nSPS) is 15.6. The van der Waals surface area contributed by atoms with Crippen LogP contribution >= 0.6 is 12.6 Å². The van der Waals surface area contributed by atoms with Gasteiger partial charge in [-0.1, -0.05) is 30.3 Å². The van der Waals surface area contributed by atoms with E-state index in [-0.39, 0.29) is 12.2 Å². The number of benzene rings is 1. The molecule has 0 saturated carbocycles. The summed E-state index contributed by atoms with van der Waals surface area (Å²) in [5, 5.41) is 35.2. The fourth-order valence-electron chi connectivity index (χ4n) is 2.53. The lowest BCUT2D eigenvalue weighted by Gasteiger charge is -2.26. The number of carbonyl (C=O) groups excluding carboxylic acids is 3. The maximum absolute atomic E-state index is 12.6. The average Bonchev–Trinajstić information content (AvgIpc) is 2.74. The number of carbonyl (C=O) groups is 4. The van der Waals surface area contributed by atoms with Crippen LogP contribution in [0.2, 0.25) is 0 Å². The Morgan fingerprint density at radius 2 is 1.58 bits per heavy atom. The molecule has 0 bridgehead atoms. The van der Waals surface area contributed by atoms with Crippen molar-refractivity contribution in [3.63, 3.8) is 0 Å². The van der Waals surface area contributed by atoms with Crippen LogP contribution in [0.3, 0.4) is 0 Å². The third kappa shape index (κ3) is 8.53. The molecule has 0 aliphatic carbocycles. The Kier molecular flexibility index (Phi) is 11.0. The van der Waals surface area contributed by atoms with Crippen LogP contribution in [0.4, 0.5) is 0 Å². The van der Waals surface area contributed by atoms with E-state index in [2.05, 4.69) is 28.6 Å². The summed E-state index contributed by atoms with van der Waals surface area (Å²) in [6, 6.07) is 3.38. The van der Waals surface area contributed by atoms with Crippen molar-refractivity contribution < 1.29 is 34.5 Å². The van der Waals surface area contributed by atoms with Crippen LogP contribution < -0.4 is 21.7 Å². The molecule has 0 aliphatic heterocycles. The number of aliphatic hydroxyl groups is 2. The Balaban J connectivity index is 2.86. The largest absolute Gasteiger partial charge is 0.480 e. The second-order valence-corrected chi connectivity index (χ2v) is 7.21. The van der Waals surface area contributed by atoms with Gasteiger partial charge in [0.05, 0.1) is 12.7 Å². The van der Waals surface area contributed by atoms with Gasteiger partial charge in [-0.2, -0.15) is 12.6 Å². The summed E-state index contributed by atoms with van der Waals surface area (Å²) in [4.78, 5) is 48.4. The molecule has 5 unspecified atom stereocenters. The van der Waals surface area contributed by atoms with Crippen molar-refractivity contribution in [2.75, 3.05) is 12.4 Å². The first-order valence-corrected chi connectivity index (χ1v) is 10.1. The first kappa shape index (κ1) is 26.4. The van der Waals surface area contributed by atoms with Gasteiger partial charge in [-0.15, -0.1) is 0 Å². The molecule has 31 heavy (non-hydrogen) atoms. The molecule has 1 aromatic rings. The second kappa shape index (κ2) is 12.9. The van der Waals surface area contributed by atoms with Crippen LogP contribution in [-0.4, -0.2) is 81.6 Å². The van der Waals surface area contributed by atoms with Gasteiger partial charge in [0.2, 0.25) is 17.7 Å². The third-order valence-corrected chi connectivity index (χ3v) is 4.67. The summed E-state index contributed by atoms with van der Waals surface area (Å²) in [5.41, 5.74) is 6.06. The number of nitrogens with one attached hydrogen (secondary N) is 3. The molecule has 0 aliphatic rings. The molecule has 0 spiro atoms. The molecule has 0 fully saturated rings. The fourth-order valence-corrected chi connectivity index (χ4v) is 2.78. The molecule has 12 heteroatoms. The first-order valence-electron chi connectivity index (χ1n) is 9.43. The smallest absolute Gasteiger partial charge is 0.326 e. The van der Waals surface area contributed by atoms with Crippen molar-refractivity contribution in [3.05, 3.63) is 35.9 Å². The van der Waals surface area contributed by atoms with Crippen LogP contribution in [0.5, 0.6) is 0 Å². The highest BCUT2D eigenvalue weighted by Crippen LogP contribution is 2.05. The summed E-state index contributed by atoms with van der Waals surface area (Å²) in [6.45, 7) is 0.608. The number of nitrogens with two attached hydrogens (primary N) is 1. The van der Waals surface area contributed by atoms with E-state index >= 15 is 0 Å². The van der Waals surface area contributed by atoms with Crippen LogP contribution in [0.25, 0.3) is 0 Å². The van der Waals surface area contributed by atoms with Gasteiger partial charge in [0.15, 0.2) is 0 Å². The minimum Gasteiger partial charge on any atom is -0.480 e. The SMILES string of the molecule is CC(O)C(NC(=O)C(CS)NC(=O)C(N)CO)C(=O)NC(Cc1ccccc1)C(=O)O. The van der Waals surface area contributed by atoms with Crippen molar-refractivity contribution in [1.82, 2.24) is 16.0 Å². The predicted molar refractivity (Wildman–Crippen MR) is 114 cm³/mol. The summed E-state index contributed by atoms with van der Waals surface area (Å²) in [5.74, 6) is -4.00. The zero-order valence-electron chi connectivity index (χ0n) is 16.9. The van der Waals surface area contributed by atoms with E-state index in [9.17, 15) is 29.4 Å². The lowest BCUT2D eigenvalue weighted by molar-refractivity contribution is -0.143. The number of hydrogen-bond donors (Lipinski definition) is 8. The molecular formula is C19H28N4O7S. The molecule has 0 aromatic heterocycles. The van der Waals surface area contributed by atoms with Gasteiger partial charge in [-0.05, 0) is 12.5 Å². The maximum Gasteiger partial charge on any atom is 0.326 e. The van der Waals surface area contributed by atoms with Gasteiger partial charge >= 0.3 is 5.97 Å². The Hall–Kier alpha value is -2.67. The first-order chi connectivity index (χ1) is 14.6. The Bertz CT molecular complexity index is 763. The van der Waals surface area contributed by atoms with Crippen molar-refractivity contribution in [2.24, 2.45) is 5.73 Å². The van der Waals surface area contributed by atoms with Crippen LogP contribution in [0.15, 0.2) is 30.3 Å². The van der Waals surface area contributed by atoms with Gasteiger partial charge in [0.25, 0.3) is 0 Å². The highest BCUT2D eigenvalue weighted by atomic mass is 32.1. The van der Waals surface area contributed by atoms with Crippen LogP contribution in [0.1, 0.15) is 12.5 Å². The molecule has 1 aromatic carbocycles. The highest BCUT2D eigenvalue weighted by molar-refractivity contribution is 7.80. The molecule has 0 saturated heterocycles. The van der Waals surface area contributed by atoms with E-state index in [1.807, 2.05) is 0 Å². The van der Waals surface area contributed by atoms with Crippen molar-refractivity contribution in [3.8, 4) is 0 Å². The summed E-state index contributed by atoms with van der Waals surface area (Å²) >= 11 is 3.97.